The predicted octanol–water partition coefficient (Wildman–Crippen LogP) is 3.26. The second-order valence-electron chi connectivity index (χ2n) is 15.0. The molecule has 9 heteroatoms. The van der Waals surface area contributed by atoms with E-state index in [0.29, 0.717) is 24.4 Å². The summed E-state index contributed by atoms with van der Waals surface area (Å²) in [6.45, 7) is 3.54. The highest BCUT2D eigenvalue weighted by molar-refractivity contribution is 6.20. The molecule has 0 spiro atoms. The van der Waals surface area contributed by atoms with Crippen molar-refractivity contribution in [3.63, 3.8) is 0 Å². The lowest BCUT2D eigenvalue weighted by molar-refractivity contribution is -0.221. The van der Waals surface area contributed by atoms with Gasteiger partial charge in [0.25, 0.3) is 5.91 Å². The van der Waals surface area contributed by atoms with Gasteiger partial charge in [-0.25, -0.2) is 4.39 Å². The van der Waals surface area contributed by atoms with Gasteiger partial charge in [-0.3, -0.25) is 14.5 Å². The van der Waals surface area contributed by atoms with Gasteiger partial charge in [0.15, 0.2) is 5.78 Å². The number of Topliss-reactive ketones (excluding diaryl/α,β-unsaturated/α-hetero) is 1. The van der Waals surface area contributed by atoms with Crippen LogP contribution in [0.1, 0.15) is 83.5 Å². The molecule has 0 aromatic heterocycles. The molecule has 1 amide bonds. The topological polar surface area (TPSA) is 77.2 Å². The van der Waals surface area contributed by atoms with Crippen LogP contribution in [-0.4, -0.2) is 115 Å². The molecule has 7 rings (SSSR count). The van der Waals surface area contributed by atoms with Crippen LogP contribution in [0.2, 0.25) is 0 Å². The number of amides is 1. The van der Waals surface area contributed by atoms with E-state index in [1.54, 1.807) is 0 Å². The molecule has 3 saturated carbocycles. The molecule has 0 aromatic rings. The number of ether oxygens (including phenoxy) is 1. The summed E-state index contributed by atoms with van der Waals surface area (Å²) >= 11 is 0. The first-order valence-electron chi connectivity index (χ1n) is 17.6. The number of nitrogens with one attached hydrogen (secondary N) is 2. The third-order valence-electron chi connectivity index (χ3n) is 12.7. The standard InChI is InChI=1S/C34H54FN5O3/c1-38-15-7-11-23(38)12-14-37-34(42)26-20-40-28-16-21-8-3-4-9-22(21)17-29(28)43-33-30(40)25(32(26)41)18-27(35)31(33)39(2)24-10-5-6-13-36-19-24/h20-25,27-31,33,36H,3-19H2,1-2H3,(H,37,42). The fraction of sp³-hybridized carbons (Fsp3) is 0.882. The first-order chi connectivity index (χ1) is 20.9. The van der Waals surface area contributed by atoms with Crippen molar-refractivity contribution in [2.75, 3.05) is 40.3 Å². The lowest BCUT2D eigenvalue weighted by Crippen LogP contribution is -2.74. The number of hydrogen-bond acceptors (Lipinski definition) is 7. The molecule has 4 heterocycles. The summed E-state index contributed by atoms with van der Waals surface area (Å²) in [4.78, 5) is 34.6. The molecule has 4 aliphatic heterocycles. The van der Waals surface area contributed by atoms with Gasteiger partial charge in [-0.05, 0) is 90.4 Å². The minimum absolute atomic E-state index is 0.0152. The van der Waals surface area contributed by atoms with E-state index in [1.165, 1.54) is 32.1 Å². The Labute approximate surface area is 257 Å². The number of rotatable bonds is 6. The number of nitrogens with zero attached hydrogens (tertiary/aromatic N) is 3. The number of likely N-dealkylation sites (tertiary alicyclic amines) is 1. The highest BCUT2D eigenvalue weighted by Crippen LogP contribution is 2.50. The molecular formula is C34H54FN5O3. The highest BCUT2D eigenvalue weighted by Gasteiger charge is 2.60. The summed E-state index contributed by atoms with van der Waals surface area (Å²) in [6, 6.07) is 0.277. The van der Waals surface area contributed by atoms with Crippen molar-refractivity contribution in [3.8, 4) is 0 Å². The molecule has 0 bridgehead atoms. The van der Waals surface area contributed by atoms with Gasteiger partial charge >= 0.3 is 0 Å². The van der Waals surface area contributed by atoms with E-state index in [1.807, 2.05) is 6.20 Å². The molecule has 43 heavy (non-hydrogen) atoms. The highest BCUT2D eigenvalue weighted by atomic mass is 19.1. The van der Waals surface area contributed by atoms with Crippen molar-refractivity contribution in [2.45, 2.75) is 132 Å². The molecule has 3 saturated heterocycles. The second-order valence-corrected chi connectivity index (χ2v) is 15.0. The van der Waals surface area contributed by atoms with Crippen LogP contribution in [0.4, 0.5) is 4.39 Å². The zero-order valence-electron chi connectivity index (χ0n) is 26.4. The van der Waals surface area contributed by atoms with E-state index < -0.39 is 18.1 Å². The first-order valence-corrected chi connectivity index (χ1v) is 17.6. The average molecular weight is 600 g/mol. The van der Waals surface area contributed by atoms with E-state index in [9.17, 15) is 9.59 Å². The van der Waals surface area contributed by atoms with Crippen LogP contribution in [0.15, 0.2) is 11.8 Å². The SMILES string of the molecule is CN1CCCC1CCNC(=O)C1=CN2C3CC4CCCCC4CC3OC3C(N(C)C4CCCCNC4)C(F)CC(C1=O)C32. The molecule has 240 valence electrons. The van der Waals surface area contributed by atoms with Gasteiger partial charge in [-0.15, -0.1) is 0 Å². The number of morpholine rings is 1. The van der Waals surface area contributed by atoms with Crippen molar-refractivity contribution < 1.29 is 18.7 Å². The Balaban J connectivity index is 1.17. The van der Waals surface area contributed by atoms with Crippen LogP contribution >= 0.6 is 0 Å². The fourth-order valence-electron chi connectivity index (χ4n) is 10.3. The quantitative estimate of drug-likeness (QED) is 0.454. The molecule has 2 N–H and O–H groups in total. The number of carbonyl (C=O) groups is 2. The third-order valence-corrected chi connectivity index (χ3v) is 12.7. The maximum absolute atomic E-state index is 16.5. The number of halogens is 1. The minimum Gasteiger partial charge on any atom is -0.369 e. The molecule has 0 radical (unpaired) electrons. The van der Waals surface area contributed by atoms with Crippen molar-refractivity contribution in [3.05, 3.63) is 11.8 Å². The molecule has 0 aromatic carbocycles. The predicted molar refractivity (Wildman–Crippen MR) is 164 cm³/mol. The lowest BCUT2D eigenvalue weighted by Gasteiger charge is -2.62. The second kappa shape index (κ2) is 12.7. The van der Waals surface area contributed by atoms with Crippen molar-refractivity contribution in [1.82, 2.24) is 25.3 Å². The number of likely N-dealkylation sites (N-methyl/N-ethyl adjacent to an activating group) is 1. The van der Waals surface area contributed by atoms with E-state index in [-0.39, 0.29) is 54.0 Å². The van der Waals surface area contributed by atoms with E-state index in [4.69, 9.17) is 4.74 Å². The van der Waals surface area contributed by atoms with Crippen LogP contribution in [0.25, 0.3) is 0 Å². The molecule has 8 nitrogen and oxygen atoms in total. The van der Waals surface area contributed by atoms with Gasteiger partial charge in [0.05, 0.1) is 35.9 Å². The van der Waals surface area contributed by atoms with E-state index in [2.05, 4.69) is 39.4 Å². The Morgan fingerprint density at radius 2 is 1.88 bits per heavy atom. The largest absolute Gasteiger partial charge is 0.369 e. The Kier molecular flexibility index (Phi) is 8.89. The van der Waals surface area contributed by atoms with Crippen molar-refractivity contribution >= 4 is 11.7 Å². The van der Waals surface area contributed by atoms with Crippen LogP contribution in [0, 0.1) is 17.8 Å². The minimum atomic E-state index is -1.17. The number of carbonyl (C=O) groups excluding carboxylic acids is 2. The number of ketones is 1. The Morgan fingerprint density at radius 3 is 2.67 bits per heavy atom. The summed E-state index contributed by atoms with van der Waals surface area (Å²) < 4.78 is 23.5. The van der Waals surface area contributed by atoms with Crippen molar-refractivity contribution in [1.29, 1.82) is 0 Å². The summed E-state index contributed by atoms with van der Waals surface area (Å²) in [5.41, 5.74) is 0.234. The number of hydrogen-bond donors (Lipinski definition) is 2. The molecule has 3 aliphatic carbocycles. The summed E-state index contributed by atoms with van der Waals surface area (Å²) in [7, 11) is 4.22. The molecule has 11 atom stereocenters. The number of alkyl halides is 1. The van der Waals surface area contributed by atoms with Gasteiger partial charge in [0, 0.05) is 37.3 Å². The van der Waals surface area contributed by atoms with Gasteiger partial charge in [0.1, 0.15) is 6.17 Å². The van der Waals surface area contributed by atoms with Crippen LogP contribution < -0.4 is 10.6 Å². The normalized spacial score (nSPS) is 43.3. The summed E-state index contributed by atoms with van der Waals surface area (Å²) in [5.74, 6) is 0.326. The molecule has 11 unspecified atom stereocenters. The zero-order chi connectivity index (χ0) is 29.7. The number of fused-ring (bicyclic) bond motifs is 3. The first kappa shape index (κ1) is 30.1. The third kappa shape index (κ3) is 5.70. The van der Waals surface area contributed by atoms with Gasteiger partial charge in [-0.1, -0.05) is 32.1 Å². The van der Waals surface area contributed by atoms with Crippen LogP contribution in [0.5, 0.6) is 0 Å². The Hall–Kier alpha value is -1.55. The van der Waals surface area contributed by atoms with Gasteiger partial charge in [-0.2, -0.15) is 0 Å². The van der Waals surface area contributed by atoms with Crippen LogP contribution in [0.3, 0.4) is 0 Å². The zero-order valence-corrected chi connectivity index (χ0v) is 26.4. The smallest absolute Gasteiger partial charge is 0.256 e. The van der Waals surface area contributed by atoms with Gasteiger partial charge < -0.3 is 25.2 Å². The van der Waals surface area contributed by atoms with Gasteiger partial charge in [0.2, 0.25) is 0 Å². The van der Waals surface area contributed by atoms with Crippen molar-refractivity contribution in [2.24, 2.45) is 17.8 Å². The Morgan fingerprint density at radius 1 is 1.09 bits per heavy atom. The summed E-state index contributed by atoms with van der Waals surface area (Å²) in [5, 5.41) is 6.64. The van der Waals surface area contributed by atoms with E-state index in [0.717, 1.165) is 64.6 Å². The average Bonchev–Trinajstić information content (AvgIpc) is 3.23. The van der Waals surface area contributed by atoms with Crippen LogP contribution in [-0.2, 0) is 14.3 Å². The van der Waals surface area contributed by atoms with E-state index >= 15 is 4.39 Å². The maximum atomic E-state index is 16.5. The molecule has 7 aliphatic rings. The Bertz CT molecular complexity index is 1060. The monoisotopic (exact) mass is 599 g/mol. The molecule has 6 fully saturated rings. The lowest BCUT2D eigenvalue weighted by atomic mass is 9.64. The maximum Gasteiger partial charge on any atom is 0.256 e. The summed E-state index contributed by atoms with van der Waals surface area (Å²) in [6.07, 6.45) is 14.3. The fourth-order valence-corrected chi connectivity index (χ4v) is 10.3. The molecular weight excluding hydrogens is 545 g/mol.